The van der Waals surface area contributed by atoms with Gasteiger partial charge in [0, 0.05) is 18.6 Å². The van der Waals surface area contributed by atoms with Crippen molar-refractivity contribution in [1.82, 2.24) is 16.0 Å². The van der Waals surface area contributed by atoms with E-state index < -0.39 is 41.8 Å². The molecule has 0 spiro atoms. The fourth-order valence-electron chi connectivity index (χ4n) is 3.12. The van der Waals surface area contributed by atoms with Crippen molar-refractivity contribution >= 4 is 36.3 Å². The Morgan fingerprint density at radius 3 is 1.79 bits per heavy atom. The van der Waals surface area contributed by atoms with Crippen LogP contribution in [0.1, 0.15) is 11.1 Å². The van der Waals surface area contributed by atoms with Gasteiger partial charge >= 0.3 is 5.97 Å². The topological polar surface area (TPSA) is 171 Å². The number of carbonyl (C=O) groups is 4. The Hall–Kier alpha value is -3.57. The summed E-state index contributed by atoms with van der Waals surface area (Å²) < 4.78 is 0. The van der Waals surface area contributed by atoms with E-state index >= 15 is 0 Å². The maximum atomic E-state index is 13.1. The van der Waals surface area contributed by atoms with E-state index in [1.165, 1.54) is 12.1 Å². The summed E-state index contributed by atoms with van der Waals surface area (Å²) in [6.07, 6.45) is 0.167. The Labute approximate surface area is 202 Å². The fourth-order valence-corrected chi connectivity index (χ4v) is 3.37. The molecule has 0 aliphatic heterocycles. The molecule has 2 aromatic carbocycles. The van der Waals surface area contributed by atoms with Gasteiger partial charge in [-0.05, 0) is 23.3 Å². The van der Waals surface area contributed by atoms with E-state index in [9.17, 15) is 29.4 Å². The average molecular weight is 489 g/mol. The normalized spacial score (nSPS) is 13.2. The van der Waals surface area contributed by atoms with Crippen molar-refractivity contribution < 1.29 is 29.4 Å². The van der Waals surface area contributed by atoms with Crippen molar-refractivity contribution in [2.75, 3.05) is 12.3 Å². The number of carboxylic acids is 1. The van der Waals surface area contributed by atoms with Gasteiger partial charge < -0.3 is 31.9 Å². The number of phenolic OH excluding ortho intramolecular Hbond substituents is 1. The molecule has 0 aromatic heterocycles. The second-order valence-electron chi connectivity index (χ2n) is 7.53. The van der Waals surface area contributed by atoms with Crippen LogP contribution in [0.2, 0.25) is 0 Å². The van der Waals surface area contributed by atoms with Crippen molar-refractivity contribution in [3.8, 4) is 5.75 Å². The highest BCUT2D eigenvalue weighted by Gasteiger charge is 2.29. The molecule has 34 heavy (non-hydrogen) atoms. The molecule has 7 N–H and O–H groups in total. The third-order valence-corrected chi connectivity index (χ3v) is 5.29. The van der Waals surface area contributed by atoms with E-state index in [2.05, 4.69) is 28.6 Å². The highest BCUT2D eigenvalue weighted by molar-refractivity contribution is 7.80. The molecule has 3 amide bonds. The van der Waals surface area contributed by atoms with Gasteiger partial charge in [0.25, 0.3) is 0 Å². The van der Waals surface area contributed by atoms with Crippen LogP contribution in [0.4, 0.5) is 0 Å². The van der Waals surface area contributed by atoms with Crippen molar-refractivity contribution in [3.63, 3.8) is 0 Å². The van der Waals surface area contributed by atoms with Gasteiger partial charge in [-0.25, -0.2) is 4.79 Å². The minimum absolute atomic E-state index is 0.0135. The SMILES string of the molecule is NCC(=O)NC(Cc1ccccc1)C(=O)NC(Cc1ccc(O)cc1)C(=O)NC(CS)C(=O)O. The van der Waals surface area contributed by atoms with E-state index in [1.807, 2.05) is 6.07 Å². The zero-order valence-corrected chi connectivity index (χ0v) is 19.2. The first-order valence-electron chi connectivity index (χ1n) is 10.5. The molecule has 0 bridgehead atoms. The molecule has 0 saturated carbocycles. The number of hydrogen-bond acceptors (Lipinski definition) is 7. The monoisotopic (exact) mass is 488 g/mol. The van der Waals surface area contributed by atoms with Gasteiger partial charge in [0.2, 0.25) is 17.7 Å². The van der Waals surface area contributed by atoms with E-state index in [0.29, 0.717) is 5.56 Å². The third kappa shape index (κ3) is 8.41. The summed E-state index contributed by atoms with van der Waals surface area (Å²) in [6.45, 7) is -0.321. The Bertz CT molecular complexity index is 987. The lowest BCUT2D eigenvalue weighted by atomic mass is 10.0. The Kier molecular flexibility index (Phi) is 10.4. The maximum Gasteiger partial charge on any atom is 0.327 e. The lowest BCUT2D eigenvalue weighted by Crippen LogP contribution is -2.57. The van der Waals surface area contributed by atoms with Crippen LogP contribution in [0.3, 0.4) is 0 Å². The number of benzene rings is 2. The first-order chi connectivity index (χ1) is 16.2. The molecular formula is C23H28N4O6S. The molecule has 10 nitrogen and oxygen atoms in total. The molecule has 0 saturated heterocycles. The summed E-state index contributed by atoms with van der Waals surface area (Å²) in [6, 6.07) is 11.6. The second kappa shape index (κ2) is 13.2. The van der Waals surface area contributed by atoms with Crippen molar-refractivity contribution in [2.24, 2.45) is 5.73 Å². The number of hydrogen-bond donors (Lipinski definition) is 7. The Morgan fingerprint density at radius 2 is 1.29 bits per heavy atom. The van der Waals surface area contributed by atoms with Crippen LogP contribution in [0.25, 0.3) is 0 Å². The van der Waals surface area contributed by atoms with Gasteiger partial charge in [0.05, 0.1) is 6.54 Å². The smallest absolute Gasteiger partial charge is 0.327 e. The third-order valence-electron chi connectivity index (χ3n) is 4.93. The van der Waals surface area contributed by atoms with Gasteiger partial charge in [0.15, 0.2) is 0 Å². The summed E-state index contributed by atoms with van der Waals surface area (Å²) >= 11 is 3.94. The van der Waals surface area contributed by atoms with Crippen LogP contribution in [0.15, 0.2) is 54.6 Å². The molecule has 0 fully saturated rings. The molecular weight excluding hydrogens is 460 g/mol. The Balaban J connectivity index is 2.25. The van der Waals surface area contributed by atoms with Gasteiger partial charge in [-0.1, -0.05) is 42.5 Å². The zero-order chi connectivity index (χ0) is 25.1. The second-order valence-corrected chi connectivity index (χ2v) is 7.89. The molecule has 2 rings (SSSR count). The summed E-state index contributed by atoms with van der Waals surface area (Å²) in [5.41, 5.74) is 6.78. The highest BCUT2D eigenvalue weighted by Crippen LogP contribution is 2.12. The molecule has 0 aliphatic carbocycles. The number of thiol groups is 1. The Morgan fingerprint density at radius 1 is 0.794 bits per heavy atom. The summed E-state index contributed by atoms with van der Waals surface area (Å²) in [7, 11) is 0. The number of amides is 3. The van der Waals surface area contributed by atoms with Gasteiger partial charge in [-0.3, -0.25) is 14.4 Å². The first-order valence-corrected chi connectivity index (χ1v) is 11.1. The summed E-state index contributed by atoms with van der Waals surface area (Å²) in [4.78, 5) is 49.3. The minimum Gasteiger partial charge on any atom is -0.508 e. The fraction of sp³-hybridized carbons (Fsp3) is 0.304. The van der Waals surface area contributed by atoms with Crippen LogP contribution >= 0.6 is 12.6 Å². The van der Waals surface area contributed by atoms with Crippen LogP contribution < -0.4 is 21.7 Å². The molecule has 182 valence electrons. The lowest BCUT2D eigenvalue weighted by molar-refractivity contribution is -0.141. The van der Waals surface area contributed by atoms with E-state index in [1.54, 1.807) is 36.4 Å². The zero-order valence-electron chi connectivity index (χ0n) is 18.3. The predicted molar refractivity (Wildman–Crippen MR) is 128 cm³/mol. The molecule has 2 aromatic rings. The maximum absolute atomic E-state index is 13.1. The molecule has 0 radical (unpaired) electrons. The van der Waals surface area contributed by atoms with Crippen molar-refractivity contribution in [2.45, 2.75) is 31.0 Å². The number of aromatic hydroxyl groups is 1. The molecule has 0 heterocycles. The average Bonchev–Trinajstić information content (AvgIpc) is 2.83. The van der Waals surface area contributed by atoms with Gasteiger partial charge in [-0.2, -0.15) is 12.6 Å². The van der Waals surface area contributed by atoms with Crippen molar-refractivity contribution in [1.29, 1.82) is 0 Å². The molecule has 3 unspecified atom stereocenters. The number of nitrogens with one attached hydrogen (secondary N) is 3. The van der Waals surface area contributed by atoms with Crippen LogP contribution in [0, 0.1) is 0 Å². The number of nitrogens with two attached hydrogens (primary N) is 1. The minimum atomic E-state index is -1.27. The van der Waals surface area contributed by atoms with E-state index in [0.717, 1.165) is 5.56 Å². The number of carboxylic acid groups (broad SMARTS) is 1. The van der Waals surface area contributed by atoms with E-state index in [4.69, 9.17) is 5.73 Å². The summed E-state index contributed by atoms with van der Waals surface area (Å²) in [5.74, 6) is -3.30. The van der Waals surface area contributed by atoms with Gasteiger partial charge in [-0.15, -0.1) is 0 Å². The number of phenols is 1. The number of carbonyl (C=O) groups excluding carboxylic acids is 3. The standard InChI is InChI=1S/C23H28N4O6S/c24-12-20(29)25-17(10-14-4-2-1-3-5-14)21(30)26-18(11-15-6-8-16(28)9-7-15)22(31)27-19(13-34)23(32)33/h1-9,17-19,28,34H,10-13,24H2,(H,25,29)(H,26,30)(H,27,31)(H,32,33). The molecule has 3 atom stereocenters. The van der Waals surface area contributed by atoms with E-state index in [-0.39, 0.29) is 30.9 Å². The van der Waals surface area contributed by atoms with Crippen LogP contribution in [-0.2, 0) is 32.0 Å². The largest absolute Gasteiger partial charge is 0.508 e. The first kappa shape index (κ1) is 26.7. The quantitative estimate of drug-likeness (QED) is 0.199. The lowest BCUT2D eigenvalue weighted by Gasteiger charge is -2.24. The number of aliphatic carboxylic acids is 1. The van der Waals surface area contributed by atoms with Crippen LogP contribution in [0.5, 0.6) is 5.75 Å². The van der Waals surface area contributed by atoms with Gasteiger partial charge in [0.1, 0.15) is 23.9 Å². The molecule has 0 aliphatic rings. The van der Waals surface area contributed by atoms with Crippen LogP contribution in [-0.4, -0.2) is 64.3 Å². The summed E-state index contributed by atoms with van der Waals surface area (Å²) in [5, 5.41) is 26.3. The predicted octanol–water partition coefficient (Wildman–Crippen LogP) is -0.395. The number of rotatable bonds is 12. The van der Waals surface area contributed by atoms with Crippen molar-refractivity contribution in [3.05, 3.63) is 65.7 Å². The highest BCUT2D eigenvalue weighted by atomic mass is 32.1. The molecule has 11 heteroatoms.